The van der Waals surface area contributed by atoms with Crippen molar-refractivity contribution >= 4 is 45.6 Å². The maximum atomic E-state index is 13.9. The van der Waals surface area contributed by atoms with Crippen LogP contribution in [0.3, 0.4) is 0 Å². The van der Waals surface area contributed by atoms with Crippen LogP contribution in [0, 0.1) is 11.8 Å². The molecule has 0 amide bonds. The van der Waals surface area contributed by atoms with Gasteiger partial charge in [-0.2, -0.15) is 0 Å². The lowest BCUT2D eigenvalue weighted by Gasteiger charge is -2.40. The van der Waals surface area contributed by atoms with Crippen molar-refractivity contribution in [1.29, 1.82) is 0 Å². The second-order valence-corrected chi connectivity index (χ2v) is 14.2. The van der Waals surface area contributed by atoms with E-state index in [0.717, 1.165) is 29.2 Å². The maximum absolute atomic E-state index is 13.9. The first-order valence-corrected chi connectivity index (χ1v) is 17.4. The van der Waals surface area contributed by atoms with Gasteiger partial charge in [-0.1, -0.05) is 100.0 Å². The summed E-state index contributed by atoms with van der Waals surface area (Å²) < 4.78 is 5.74. The number of rotatable bonds is 10. The Kier molecular flexibility index (Phi) is 11.2. The number of guanidine groups is 1. The van der Waals surface area contributed by atoms with Crippen LogP contribution in [-0.2, 0) is 11.2 Å². The normalized spacial score (nSPS) is 16.8. The summed E-state index contributed by atoms with van der Waals surface area (Å²) in [5, 5.41) is 4.93. The van der Waals surface area contributed by atoms with Gasteiger partial charge in [0.25, 0.3) is 0 Å². The van der Waals surface area contributed by atoms with E-state index < -0.39 is 0 Å². The van der Waals surface area contributed by atoms with Gasteiger partial charge in [-0.15, -0.1) is 11.3 Å². The van der Waals surface area contributed by atoms with Gasteiger partial charge in [0.15, 0.2) is 0 Å². The molecule has 46 heavy (non-hydrogen) atoms. The molecule has 0 aliphatic carbocycles. The molecule has 0 radical (unpaired) electrons. The molecule has 0 saturated heterocycles. The summed E-state index contributed by atoms with van der Waals surface area (Å²) in [6, 6.07) is 28.8. The molecule has 6 nitrogen and oxygen atoms in total. The predicted molar refractivity (Wildman–Crippen MR) is 193 cm³/mol. The van der Waals surface area contributed by atoms with Crippen LogP contribution in [0.4, 0.5) is 10.7 Å². The van der Waals surface area contributed by atoms with Gasteiger partial charge in [-0.25, -0.2) is 9.79 Å². The van der Waals surface area contributed by atoms with Gasteiger partial charge in [0.2, 0.25) is 5.96 Å². The lowest BCUT2D eigenvalue weighted by molar-refractivity contribution is 0.0525. The lowest BCUT2D eigenvalue weighted by atomic mass is 9.86. The van der Waals surface area contributed by atoms with Crippen LogP contribution in [0.5, 0.6) is 0 Å². The Labute approximate surface area is 283 Å². The summed E-state index contributed by atoms with van der Waals surface area (Å²) in [7, 11) is 2.19. The molecule has 242 valence electrons. The highest BCUT2D eigenvalue weighted by atomic mass is 35.5. The number of esters is 1. The van der Waals surface area contributed by atoms with E-state index >= 15 is 0 Å². The minimum Gasteiger partial charge on any atom is -0.462 e. The molecule has 1 aromatic heterocycles. The van der Waals surface area contributed by atoms with Gasteiger partial charge in [-0.3, -0.25) is 4.90 Å². The third kappa shape index (κ3) is 7.83. The van der Waals surface area contributed by atoms with Crippen molar-refractivity contribution < 1.29 is 9.53 Å². The van der Waals surface area contributed by atoms with E-state index in [4.69, 9.17) is 21.3 Å². The van der Waals surface area contributed by atoms with Crippen LogP contribution in [0.2, 0.25) is 5.02 Å². The first kappa shape index (κ1) is 33.7. The van der Waals surface area contributed by atoms with Crippen molar-refractivity contribution in [2.75, 3.05) is 32.1 Å². The van der Waals surface area contributed by atoms with Crippen LogP contribution >= 0.6 is 22.9 Å². The van der Waals surface area contributed by atoms with Crippen LogP contribution < -0.4 is 5.32 Å². The van der Waals surface area contributed by atoms with E-state index in [2.05, 4.69) is 98.4 Å². The summed E-state index contributed by atoms with van der Waals surface area (Å²) in [4.78, 5) is 25.1. The fourth-order valence-electron chi connectivity index (χ4n) is 6.20. The number of likely N-dealkylation sites (N-methyl/N-ethyl adjacent to an activating group) is 1. The number of nitrogens with zero attached hydrogens (tertiary/aromatic N) is 3. The Bertz CT molecular complexity index is 1610. The monoisotopic (exact) mass is 656 g/mol. The number of carbonyl (C=O) groups excluding carboxylic acids is 1. The van der Waals surface area contributed by atoms with Gasteiger partial charge >= 0.3 is 5.97 Å². The first-order chi connectivity index (χ1) is 22.2. The molecule has 0 fully saturated rings. The SMILES string of the molecule is CCOC(=O)c1c(/N=C(/Nc2ccc(Cl)cc2)N(CC(C)C)CC(C)C)sc2c1CC(c1ccccc1)N(C)C2c1ccccc1. The van der Waals surface area contributed by atoms with Crippen LogP contribution in [-0.4, -0.2) is 48.5 Å². The average molecular weight is 657 g/mol. The third-order valence-corrected chi connectivity index (χ3v) is 9.55. The highest BCUT2D eigenvalue weighted by Crippen LogP contribution is 2.50. The molecule has 2 heterocycles. The lowest BCUT2D eigenvalue weighted by Crippen LogP contribution is -2.41. The second kappa shape index (κ2) is 15.3. The summed E-state index contributed by atoms with van der Waals surface area (Å²) in [5.74, 6) is 1.18. The number of hydrogen-bond acceptors (Lipinski definition) is 5. The number of fused-ring (bicyclic) bond motifs is 1. The van der Waals surface area contributed by atoms with Crippen LogP contribution in [0.15, 0.2) is 89.9 Å². The number of thiophene rings is 1. The minimum atomic E-state index is -0.327. The largest absolute Gasteiger partial charge is 0.462 e. The standard InChI is InChI=1S/C38H45ClN4O2S/c1-7-45-37(44)33-31-22-32(27-14-10-8-11-15-27)42(6)34(28-16-12-9-13-17-28)35(31)46-36(33)41-38(40-30-20-18-29(39)19-21-30)43(23-25(2)3)24-26(4)5/h8-21,25-26,32,34H,7,22-24H2,1-6H3,(H,40,41). The highest BCUT2D eigenvalue weighted by Gasteiger charge is 2.39. The van der Waals surface area contributed by atoms with Gasteiger partial charge in [-0.05, 0) is 73.2 Å². The van der Waals surface area contributed by atoms with Crippen molar-refractivity contribution in [2.24, 2.45) is 16.8 Å². The van der Waals surface area contributed by atoms with E-state index in [0.29, 0.717) is 46.4 Å². The van der Waals surface area contributed by atoms with Crippen molar-refractivity contribution in [3.05, 3.63) is 117 Å². The molecule has 0 bridgehead atoms. The van der Waals surface area contributed by atoms with Crippen LogP contribution in [0.1, 0.15) is 78.6 Å². The molecule has 8 heteroatoms. The van der Waals surface area contributed by atoms with Crippen molar-refractivity contribution in [3.8, 4) is 0 Å². The molecule has 0 spiro atoms. The minimum absolute atomic E-state index is 0.0487. The first-order valence-electron chi connectivity index (χ1n) is 16.2. The number of hydrogen-bond donors (Lipinski definition) is 1. The quantitative estimate of drug-likeness (QED) is 0.105. The summed E-state index contributed by atoms with van der Waals surface area (Å²) in [6.45, 7) is 12.6. The van der Waals surface area contributed by atoms with E-state index in [1.165, 1.54) is 11.1 Å². The van der Waals surface area contributed by atoms with E-state index in [9.17, 15) is 4.79 Å². The highest BCUT2D eigenvalue weighted by molar-refractivity contribution is 7.16. The summed E-state index contributed by atoms with van der Waals surface area (Å²) >= 11 is 7.83. The zero-order chi connectivity index (χ0) is 32.8. The third-order valence-electron chi connectivity index (χ3n) is 8.12. The molecule has 5 rings (SSSR count). The fraction of sp³-hybridized carbons (Fsp3) is 0.368. The number of anilines is 1. The number of benzene rings is 3. The van der Waals surface area contributed by atoms with Gasteiger partial charge < -0.3 is 15.0 Å². The van der Waals surface area contributed by atoms with Crippen molar-refractivity contribution in [3.63, 3.8) is 0 Å². The molecule has 3 aromatic carbocycles. The Balaban J connectivity index is 1.73. The molecule has 1 aliphatic heterocycles. The Morgan fingerprint density at radius 1 is 0.957 bits per heavy atom. The van der Waals surface area contributed by atoms with Gasteiger partial charge in [0, 0.05) is 34.7 Å². The molecule has 1 N–H and O–H groups in total. The molecular formula is C38H45ClN4O2S. The van der Waals surface area contributed by atoms with Gasteiger partial charge in [0.1, 0.15) is 10.6 Å². The van der Waals surface area contributed by atoms with Crippen LogP contribution in [0.25, 0.3) is 0 Å². The zero-order valence-corrected chi connectivity index (χ0v) is 29.2. The number of nitrogens with one attached hydrogen (secondary N) is 1. The fourth-order valence-corrected chi connectivity index (χ4v) is 7.70. The molecule has 1 aliphatic rings. The second-order valence-electron chi connectivity index (χ2n) is 12.7. The van der Waals surface area contributed by atoms with Crippen molar-refractivity contribution in [2.45, 2.75) is 53.1 Å². The number of aliphatic imine (C=N–C) groups is 1. The van der Waals surface area contributed by atoms with E-state index in [-0.39, 0.29) is 18.1 Å². The maximum Gasteiger partial charge on any atom is 0.341 e. The Morgan fingerprint density at radius 2 is 1.54 bits per heavy atom. The summed E-state index contributed by atoms with van der Waals surface area (Å²) in [5.41, 5.74) is 4.87. The number of ether oxygens (including phenoxy) is 1. The number of halogens is 1. The molecule has 2 unspecified atom stereocenters. The molecule has 2 atom stereocenters. The van der Waals surface area contributed by atoms with E-state index in [1.807, 2.05) is 43.3 Å². The molecular weight excluding hydrogens is 612 g/mol. The number of carbonyl (C=O) groups is 1. The molecule has 0 saturated carbocycles. The average Bonchev–Trinajstić information content (AvgIpc) is 3.39. The Morgan fingerprint density at radius 3 is 2.11 bits per heavy atom. The zero-order valence-electron chi connectivity index (χ0n) is 27.7. The topological polar surface area (TPSA) is 57.2 Å². The molecule has 4 aromatic rings. The van der Waals surface area contributed by atoms with E-state index in [1.54, 1.807) is 11.3 Å². The van der Waals surface area contributed by atoms with Gasteiger partial charge in [0.05, 0.1) is 12.6 Å². The van der Waals surface area contributed by atoms with Crippen molar-refractivity contribution in [1.82, 2.24) is 9.80 Å². The Hall–Kier alpha value is -3.65. The summed E-state index contributed by atoms with van der Waals surface area (Å²) in [6.07, 6.45) is 0.682. The predicted octanol–water partition coefficient (Wildman–Crippen LogP) is 9.61. The smallest absolute Gasteiger partial charge is 0.341 e.